The summed E-state index contributed by atoms with van der Waals surface area (Å²) in [7, 11) is -3.75. The molecule has 0 radical (unpaired) electrons. The first kappa shape index (κ1) is 19.7. The first-order valence-corrected chi connectivity index (χ1v) is 11.2. The van der Waals surface area contributed by atoms with Crippen molar-refractivity contribution in [3.05, 3.63) is 77.4 Å². The second-order valence-corrected chi connectivity index (χ2v) is 9.74. The Balaban J connectivity index is 1.44. The van der Waals surface area contributed by atoms with Crippen molar-refractivity contribution in [3.63, 3.8) is 0 Å². The summed E-state index contributed by atoms with van der Waals surface area (Å²) in [6.07, 6.45) is 2.04. The van der Waals surface area contributed by atoms with Crippen LogP contribution in [0.3, 0.4) is 0 Å². The molecule has 6 heteroatoms. The topological polar surface area (TPSA) is 69.7 Å². The maximum absolute atomic E-state index is 12.4. The van der Waals surface area contributed by atoms with E-state index in [1.54, 1.807) is 24.3 Å². The van der Waals surface area contributed by atoms with E-state index in [0.29, 0.717) is 25.0 Å². The van der Waals surface area contributed by atoms with Gasteiger partial charge in [0.1, 0.15) is 11.5 Å². The monoisotopic (exact) mass is 412 g/mol. The zero-order chi connectivity index (χ0) is 20.6. The molecule has 2 aromatic rings. The summed E-state index contributed by atoms with van der Waals surface area (Å²) in [5.41, 5.74) is 3.26. The van der Waals surface area contributed by atoms with E-state index in [2.05, 4.69) is 6.58 Å². The lowest BCUT2D eigenvalue weighted by Gasteiger charge is -2.24. The lowest BCUT2D eigenvalue weighted by atomic mass is 9.75. The molecule has 152 valence electrons. The van der Waals surface area contributed by atoms with Gasteiger partial charge >= 0.3 is 16.1 Å². The molecule has 0 bridgehead atoms. The molecule has 1 saturated carbocycles. The number of rotatable bonds is 6. The molecule has 2 atom stereocenters. The Kier molecular flexibility index (Phi) is 4.99. The number of fused-ring (bicyclic) bond motifs is 1. The Labute approximate surface area is 171 Å². The molecule has 1 aliphatic carbocycles. The van der Waals surface area contributed by atoms with Crippen LogP contribution in [0.1, 0.15) is 29.5 Å². The van der Waals surface area contributed by atoms with Gasteiger partial charge in [-0.05, 0) is 49.4 Å². The van der Waals surface area contributed by atoms with Crippen LogP contribution in [0.2, 0.25) is 0 Å². The van der Waals surface area contributed by atoms with Crippen molar-refractivity contribution < 1.29 is 22.1 Å². The van der Waals surface area contributed by atoms with Gasteiger partial charge in [-0.2, -0.15) is 8.42 Å². The maximum atomic E-state index is 12.4. The average Bonchev–Trinajstić information content (AvgIpc) is 3.13. The Morgan fingerprint density at radius 3 is 2.45 bits per heavy atom. The largest absolute Gasteiger partial charge is 0.465 e. The van der Waals surface area contributed by atoms with Crippen molar-refractivity contribution in [2.75, 3.05) is 6.61 Å². The van der Waals surface area contributed by atoms with Crippen molar-refractivity contribution in [1.29, 1.82) is 0 Å². The molecule has 5 nitrogen and oxygen atoms in total. The van der Waals surface area contributed by atoms with Crippen molar-refractivity contribution in [3.8, 4) is 5.75 Å². The number of esters is 1. The minimum absolute atomic E-state index is 0.151. The van der Waals surface area contributed by atoms with E-state index in [1.165, 1.54) is 0 Å². The van der Waals surface area contributed by atoms with Crippen molar-refractivity contribution in [2.24, 2.45) is 11.3 Å². The lowest BCUT2D eigenvalue weighted by Crippen LogP contribution is -2.31. The van der Waals surface area contributed by atoms with Crippen LogP contribution in [-0.4, -0.2) is 21.0 Å². The number of benzene rings is 2. The third-order valence-corrected chi connectivity index (χ3v) is 6.97. The van der Waals surface area contributed by atoms with E-state index < -0.39 is 15.5 Å². The number of hydrogen-bond acceptors (Lipinski definition) is 5. The second kappa shape index (κ2) is 7.34. The number of allylic oxidation sites excluding steroid dienone is 1. The van der Waals surface area contributed by atoms with Crippen LogP contribution >= 0.6 is 0 Å². The lowest BCUT2D eigenvalue weighted by molar-refractivity contribution is -0.146. The third-order valence-electron chi connectivity index (χ3n) is 5.83. The summed E-state index contributed by atoms with van der Waals surface area (Å²) in [4.78, 5) is 12.4. The molecule has 1 aliphatic heterocycles. The van der Waals surface area contributed by atoms with Gasteiger partial charge in [0.25, 0.3) is 0 Å². The van der Waals surface area contributed by atoms with Gasteiger partial charge < -0.3 is 8.92 Å². The fourth-order valence-corrected chi connectivity index (χ4v) is 5.42. The number of ether oxygens (including phenoxy) is 1. The van der Waals surface area contributed by atoms with E-state index in [4.69, 9.17) is 8.92 Å². The van der Waals surface area contributed by atoms with Crippen LogP contribution in [0.25, 0.3) is 0 Å². The van der Waals surface area contributed by atoms with Crippen molar-refractivity contribution in [2.45, 2.75) is 31.9 Å². The Morgan fingerprint density at radius 1 is 1.10 bits per heavy atom. The standard InChI is InChI=1S/C23H24O5S/c1-16-3-5-19(6-4-16)15-29(25,26)28-21-9-7-18(8-10-21)13-23-12-17(2)11-20(23)14-27-22(23)24/h3-10,20H,2,11-15H2,1H3. The minimum Gasteiger partial charge on any atom is -0.465 e. The van der Waals surface area contributed by atoms with Gasteiger partial charge in [0.05, 0.1) is 12.0 Å². The zero-order valence-corrected chi connectivity index (χ0v) is 17.2. The molecule has 0 spiro atoms. The first-order valence-electron chi connectivity index (χ1n) is 9.66. The Morgan fingerprint density at radius 2 is 1.76 bits per heavy atom. The van der Waals surface area contributed by atoms with Crippen molar-refractivity contribution in [1.82, 2.24) is 0 Å². The van der Waals surface area contributed by atoms with Crippen LogP contribution in [0.5, 0.6) is 5.75 Å². The number of hydrogen-bond donors (Lipinski definition) is 0. The molecule has 29 heavy (non-hydrogen) atoms. The van der Waals surface area contributed by atoms with Gasteiger partial charge in [-0.15, -0.1) is 0 Å². The molecule has 1 heterocycles. The first-order chi connectivity index (χ1) is 13.8. The average molecular weight is 413 g/mol. The normalized spacial score (nSPS) is 23.7. The predicted molar refractivity (Wildman–Crippen MR) is 110 cm³/mol. The van der Waals surface area contributed by atoms with Gasteiger partial charge in [0.2, 0.25) is 0 Å². The highest BCUT2D eigenvalue weighted by atomic mass is 32.2. The molecule has 0 N–H and O–H groups in total. The van der Waals surface area contributed by atoms with E-state index in [-0.39, 0.29) is 23.4 Å². The van der Waals surface area contributed by atoms with E-state index in [9.17, 15) is 13.2 Å². The van der Waals surface area contributed by atoms with Crippen LogP contribution < -0.4 is 4.18 Å². The second-order valence-electron chi connectivity index (χ2n) is 8.17. The highest BCUT2D eigenvalue weighted by Crippen LogP contribution is 2.52. The van der Waals surface area contributed by atoms with Gasteiger partial charge in [-0.3, -0.25) is 4.79 Å². The summed E-state index contributed by atoms with van der Waals surface area (Å²) in [5, 5.41) is 0. The number of cyclic esters (lactones) is 1. The van der Waals surface area contributed by atoms with E-state index in [1.807, 2.05) is 31.2 Å². The van der Waals surface area contributed by atoms with Crippen LogP contribution in [0, 0.1) is 18.3 Å². The Bertz CT molecular complexity index is 1040. The van der Waals surface area contributed by atoms with Gasteiger partial charge in [0.15, 0.2) is 0 Å². The number of carbonyl (C=O) groups excluding carboxylic acids is 1. The zero-order valence-electron chi connectivity index (χ0n) is 16.4. The van der Waals surface area contributed by atoms with E-state index >= 15 is 0 Å². The Hall–Kier alpha value is -2.60. The molecule has 2 aliphatic rings. The summed E-state index contributed by atoms with van der Waals surface area (Å²) >= 11 is 0. The summed E-state index contributed by atoms with van der Waals surface area (Å²) in [6, 6.07) is 14.2. The number of aryl methyl sites for hydroxylation is 1. The molecule has 2 fully saturated rings. The minimum atomic E-state index is -3.75. The molecule has 2 aromatic carbocycles. The van der Waals surface area contributed by atoms with Gasteiger partial charge in [0, 0.05) is 5.92 Å². The molecular weight excluding hydrogens is 388 g/mol. The van der Waals surface area contributed by atoms with Crippen LogP contribution in [-0.2, 0) is 31.8 Å². The summed E-state index contributed by atoms with van der Waals surface area (Å²) in [5.74, 6) is 0.100. The van der Waals surface area contributed by atoms with Crippen LogP contribution in [0.15, 0.2) is 60.7 Å². The number of carbonyl (C=O) groups is 1. The molecule has 2 unspecified atom stereocenters. The fourth-order valence-electron chi connectivity index (χ4n) is 4.35. The summed E-state index contributed by atoms with van der Waals surface area (Å²) in [6.45, 7) is 6.46. The molecule has 0 aromatic heterocycles. The highest BCUT2D eigenvalue weighted by molar-refractivity contribution is 7.86. The quantitative estimate of drug-likeness (QED) is 0.408. The molecule has 0 amide bonds. The van der Waals surface area contributed by atoms with Gasteiger partial charge in [-0.1, -0.05) is 54.1 Å². The molecular formula is C23H24O5S. The molecule has 1 saturated heterocycles. The smallest absolute Gasteiger partial charge is 0.313 e. The summed E-state index contributed by atoms with van der Waals surface area (Å²) < 4.78 is 35.3. The molecule has 4 rings (SSSR count). The van der Waals surface area contributed by atoms with Crippen molar-refractivity contribution >= 4 is 16.1 Å². The predicted octanol–water partition coefficient (Wildman–Crippen LogP) is 3.96. The SMILES string of the molecule is C=C1CC2COC(=O)C2(Cc2ccc(OS(=O)(=O)Cc3ccc(C)cc3)cc2)C1. The van der Waals surface area contributed by atoms with Crippen LogP contribution in [0.4, 0.5) is 0 Å². The van der Waals surface area contributed by atoms with E-state index in [0.717, 1.165) is 23.1 Å². The third kappa shape index (κ3) is 4.08. The highest BCUT2D eigenvalue weighted by Gasteiger charge is 2.55. The van der Waals surface area contributed by atoms with Gasteiger partial charge in [-0.25, -0.2) is 0 Å². The fraction of sp³-hybridized carbons (Fsp3) is 0.348. The maximum Gasteiger partial charge on any atom is 0.313 e.